The van der Waals surface area contributed by atoms with Crippen molar-refractivity contribution in [3.63, 3.8) is 0 Å². The lowest BCUT2D eigenvalue weighted by molar-refractivity contribution is 0.0595. The summed E-state index contributed by atoms with van der Waals surface area (Å²) in [5, 5.41) is 0. The Morgan fingerprint density at radius 2 is 2.44 bits per heavy atom. The fourth-order valence-electron chi connectivity index (χ4n) is 1.31. The summed E-state index contributed by atoms with van der Waals surface area (Å²) >= 11 is 0. The van der Waals surface area contributed by atoms with Gasteiger partial charge in [0.15, 0.2) is 0 Å². The third-order valence-corrected chi connectivity index (χ3v) is 2.48. The van der Waals surface area contributed by atoms with Gasteiger partial charge < -0.3 is 9.72 Å². The van der Waals surface area contributed by atoms with Gasteiger partial charge in [0.25, 0.3) is 0 Å². The van der Waals surface area contributed by atoms with Gasteiger partial charge in [0, 0.05) is 12.7 Å². The van der Waals surface area contributed by atoms with E-state index >= 15 is 0 Å². The summed E-state index contributed by atoms with van der Waals surface area (Å²) < 4.78 is 4.61. The van der Waals surface area contributed by atoms with Gasteiger partial charge in [-0.2, -0.15) is 0 Å². The number of terminal acetylenes is 1. The molecule has 0 aliphatic carbocycles. The molecule has 4 nitrogen and oxygen atoms in total. The molecule has 0 aromatic carbocycles. The van der Waals surface area contributed by atoms with Crippen LogP contribution in [0.25, 0.3) is 0 Å². The molecule has 0 aliphatic heterocycles. The number of rotatable bonds is 4. The molecule has 0 saturated carbocycles. The second-order valence-corrected chi connectivity index (χ2v) is 3.67. The number of methoxy groups -OCH3 is 1. The summed E-state index contributed by atoms with van der Waals surface area (Å²) in [6.45, 7) is 2.65. The molecule has 0 amide bonds. The molecule has 1 rings (SSSR count). The van der Waals surface area contributed by atoms with Gasteiger partial charge in [-0.3, -0.25) is 4.90 Å². The van der Waals surface area contributed by atoms with Crippen molar-refractivity contribution in [2.24, 2.45) is 0 Å². The van der Waals surface area contributed by atoms with Crippen LogP contribution in [-0.2, 0) is 11.3 Å². The summed E-state index contributed by atoms with van der Waals surface area (Å²) in [5.74, 6) is 2.29. The van der Waals surface area contributed by atoms with Crippen LogP contribution >= 0.6 is 0 Å². The van der Waals surface area contributed by atoms with Crippen LogP contribution < -0.4 is 0 Å². The number of aromatic amines is 1. The maximum Gasteiger partial charge on any atom is 0.354 e. The summed E-state index contributed by atoms with van der Waals surface area (Å²) in [5.41, 5.74) is 1.46. The van der Waals surface area contributed by atoms with Gasteiger partial charge in [-0.05, 0) is 25.6 Å². The normalized spacial score (nSPS) is 12.2. The van der Waals surface area contributed by atoms with E-state index in [1.165, 1.54) is 7.11 Å². The van der Waals surface area contributed by atoms with Crippen LogP contribution in [0, 0.1) is 12.3 Å². The van der Waals surface area contributed by atoms with Crippen LogP contribution in [0.15, 0.2) is 12.3 Å². The van der Waals surface area contributed by atoms with Crippen molar-refractivity contribution < 1.29 is 9.53 Å². The molecule has 0 fully saturated rings. The van der Waals surface area contributed by atoms with E-state index in [1.807, 2.05) is 18.9 Å². The van der Waals surface area contributed by atoms with Crippen molar-refractivity contribution in [3.8, 4) is 12.3 Å². The molecule has 86 valence electrons. The van der Waals surface area contributed by atoms with E-state index in [-0.39, 0.29) is 12.0 Å². The zero-order chi connectivity index (χ0) is 12.1. The predicted molar refractivity (Wildman–Crippen MR) is 61.9 cm³/mol. The van der Waals surface area contributed by atoms with Gasteiger partial charge in [0.1, 0.15) is 5.69 Å². The Balaban J connectivity index is 2.66. The largest absolute Gasteiger partial charge is 0.464 e. The highest BCUT2D eigenvalue weighted by atomic mass is 16.5. The minimum absolute atomic E-state index is 0.0662. The highest BCUT2D eigenvalue weighted by molar-refractivity contribution is 5.87. The van der Waals surface area contributed by atoms with Crippen molar-refractivity contribution in [2.45, 2.75) is 19.5 Å². The molecule has 1 aromatic heterocycles. The van der Waals surface area contributed by atoms with E-state index in [0.717, 1.165) is 5.56 Å². The fraction of sp³-hybridized carbons (Fsp3) is 0.417. The minimum Gasteiger partial charge on any atom is -0.464 e. The zero-order valence-electron chi connectivity index (χ0n) is 9.78. The molecular weight excluding hydrogens is 204 g/mol. The average molecular weight is 220 g/mol. The first-order valence-corrected chi connectivity index (χ1v) is 5.00. The van der Waals surface area contributed by atoms with Gasteiger partial charge in [0.05, 0.1) is 13.2 Å². The second-order valence-electron chi connectivity index (χ2n) is 3.67. The Morgan fingerprint density at radius 3 is 3.00 bits per heavy atom. The van der Waals surface area contributed by atoms with Crippen LogP contribution in [-0.4, -0.2) is 36.1 Å². The van der Waals surface area contributed by atoms with Crippen molar-refractivity contribution in [1.82, 2.24) is 9.88 Å². The lowest BCUT2D eigenvalue weighted by atomic mass is 10.2. The molecule has 0 saturated heterocycles. The summed E-state index contributed by atoms with van der Waals surface area (Å²) in [6, 6.07) is 1.84. The van der Waals surface area contributed by atoms with Crippen LogP contribution in [0.5, 0.6) is 0 Å². The Kier molecular flexibility index (Phi) is 4.15. The smallest absolute Gasteiger partial charge is 0.354 e. The molecule has 1 heterocycles. The van der Waals surface area contributed by atoms with E-state index in [1.54, 1.807) is 12.3 Å². The Morgan fingerprint density at radius 1 is 1.75 bits per heavy atom. The number of nitrogens with zero attached hydrogens (tertiary/aromatic N) is 1. The summed E-state index contributed by atoms with van der Waals surface area (Å²) in [4.78, 5) is 16.1. The zero-order valence-corrected chi connectivity index (χ0v) is 9.78. The van der Waals surface area contributed by atoms with Gasteiger partial charge in [-0.1, -0.05) is 5.92 Å². The minimum atomic E-state index is -0.362. The topological polar surface area (TPSA) is 45.3 Å². The monoisotopic (exact) mass is 220 g/mol. The summed E-state index contributed by atoms with van der Waals surface area (Å²) in [6.07, 6.45) is 7.11. The van der Waals surface area contributed by atoms with E-state index in [2.05, 4.69) is 15.6 Å². The number of hydrogen-bond donors (Lipinski definition) is 1. The molecule has 0 aliphatic rings. The van der Waals surface area contributed by atoms with E-state index in [0.29, 0.717) is 12.2 Å². The van der Waals surface area contributed by atoms with Crippen molar-refractivity contribution in [2.75, 3.05) is 14.2 Å². The van der Waals surface area contributed by atoms with Crippen molar-refractivity contribution >= 4 is 5.97 Å². The lowest BCUT2D eigenvalue weighted by Crippen LogP contribution is -2.26. The molecule has 0 bridgehead atoms. The van der Waals surface area contributed by atoms with E-state index in [4.69, 9.17) is 6.42 Å². The number of aromatic nitrogens is 1. The van der Waals surface area contributed by atoms with Gasteiger partial charge in [0.2, 0.25) is 0 Å². The quantitative estimate of drug-likeness (QED) is 0.613. The van der Waals surface area contributed by atoms with Crippen molar-refractivity contribution in [3.05, 3.63) is 23.5 Å². The van der Waals surface area contributed by atoms with Gasteiger partial charge in [-0.25, -0.2) is 4.79 Å². The van der Waals surface area contributed by atoms with Gasteiger partial charge >= 0.3 is 5.97 Å². The first kappa shape index (κ1) is 12.3. The SMILES string of the molecule is C#C[C@@H](C)N(C)Cc1c[nH]c(C(=O)OC)c1. The number of nitrogens with one attached hydrogen (secondary N) is 1. The molecular formula is C12H16N2O2. The highest BCUT2D eigenvalue weighted by Crippen LogP contribution is 2.08. The maximum atomic E-state index is 11.2. The van der Waals surface area contributed by atoms with Crippen LogP contribution in [0.4, 0.5) is 0 Å². The molecule has 0 radical (unpaired) electrons. The third kappa shape index (κ3) is 2.88. The molecule has 4 heteroatoms. The van der Waals surface area contributed by atoms with Crippen LogP contribution in [0.2, 0.25) is 0 Å². The maximum absolute atomic E-state index is 11.2. The van der Waals surface area contributed by atoms with Crippen LogP contribution in [0.1, 0.15) is 23.0 Å². The highest BCUT2D eigenvalue weighted by Gasteiger charge is 2.11. The first-order chi connectivity index (χ1) is 7.58. The molecule has 0 unspecified atom stereocenters. The predicted octanol–water partition coefficient (Wildman–Crippen LogP) is 1.25. The third-order valence-electron chi connectivity index (χ3n) is 2.48. The first-order valence-electron chi connectivity index (χ1n) is 5.00. The number of carbonyl (C=O) groups excluding carboxylic acids is 1. The Hall–Kier alpha value is -1.73. The summed E-state index contributed by atoms with van der Waals surface area (Å²) in [7, 11) is 3.30. The standard InChI is InChI=1S/C12H16N2O2/c1-5-9(2)14(3)8-10-6-11(13-7-10)12(15)16-4/h1,6-7,9,13H,8H2,2-4H3/t9-/m1/s1. The Labute approximate surface area is 95.6 Å². The van der Waals surface area contributed by atoms with Crippen LogP contribution in [0.3, 0.4) is 0 Å². The number of ether oxygens (including phenoxy) is 1. The number of carbonyl (C=O) groups is 1. The van der Waals surface area contributed by atoms with Crippen molar-refractivity contribution in [1.29, 1.82) is 0 Å². The molecule has 1 atom stereocenters. The Bertz CT molecular complexity index is 403. The molecule has 1 N–H and O–H groups in total. The fourth-order valence-corrected chi connectivity index (χ4v) is 1.31. The molecule has 1 aromatic rings. The average Bonchev–Trinajstić information content (AvgIpc) is 2.75. The lowest BCUT2D eigenvalue weighted by Gasteiger charge is -2.19. The second kappa shape index (κ2) is 5.38. The van der Waals surface area contributed by atoms with E-state index in [9.17, 15) is 4.79 Å². The molecule has 0 spiro atoms. The van der Waals surface area contributed by atoms with Gasteiger partial charge in [-0.15, -0.1) is 6.42 Å². The number of hydrogen-bond acceptors (Lipinski definition) is 3. The van der Waals surface area contributed by atoms with E-state index < -0.39 is 0 Å². The number of esters is 1. The molecule has 16 heavy (non-hydrogen) atoms. The number of H-pyrrole nitrogens is 1.